The maximum Gasteiger partial charge on any atom is 0.336 e. The first-order valence-electron chi connectivity index (χ1n) is 6.75. The summed E-state index contributed by atoms with van der Waals surface area (Å²) in [5.74, 6) is -0.387. The fourth-order valence-electron chi connectivity index (χ4n) is 2.50. The van der Waals surface area contributed by atoms with Crippen molar-refractivity contribution in [2.45, 2.75) is 12.4 Å². The van der Waals surface area contributed by atoms with Crippen molar-refractivity contribution in [3.8, 4) is 0 Å². The monoisotopic (exact) mass is 314 g/mol. The van der Waals surface area contributed by atoms with Crippen molar-refractivity contribution in [2.24, 2.45) is 0 Å². The van der Waals surface area contributed by atoms with Crippen molar-refractivity contribution in [1.29, 1.82) is 0 Å². The molecule has 3 rings (SSSR count). The van der Waals surface area contributed by atoms with Crippen LogP contribution in [0.2, 0.25) is 0 Å². The molecule has 1 atom stereocenters. The van der Waals surface area contributed by atoms with Crippen LogP contribution in [-0.4, -0.2) is 12.2 Å². The molecule has 1 unspecified atom stereocenters. The van der Waals surface area contributed by atoms with Gasteiger partial charge in [0.25, 0.3) is 0 Å². The van der Waals surface area contributed by atoms with Crippen LogP contribution >= 0.6 is 11.8 Å². The average molecular weight is 314 g/mol. The number of thioether (sulfide) groups is 1. The summed E-state index contributed by atoms with van der Waals surface area (Å²) >= 11 is 1.36. The summed E-state index contributed by atoms with van der Waals surface area (Å²) in [6.45, 7) is 1.35. The Morgan fingerprint density at radius 2 is 1.95 bits per heavy atom. The van der Waals surface area contributed by atoms with Gasteiger partial charge in [-0.25, -0.2) is 4.79 Å². The predicted octanol–water partition coefficient (Wildman–Crippen LogP) is 3.87. The van der Waals surface area contributed by atoms with Crippen LogP contribution in [0.3, 0.4) is 0 Å². The van der Waals surface area contributed by atoms with E-state index in [9.17, 15) is 9.59 Å². The van der Waals surface area contributed by atoms with E-state index < -0.39 is 11.1 Å². The minimum atomic E-state index is -0.537. The molecule has 1 heterocycles. The molecular formula is C17H14O4S. The molecule has 0 aliphatic heterocycles. The van der Waals surface area contributed by atoms with Crippen molar-refractivity contribution in [3.05, 3.63) is 58.4 Å². The van der Waals surface area contributed by atoms with E-state index in [0.717, 1.165) is 16.2 Å². The average Bonchev–Trinajstić information content (AvgIpc) is 2.51. The first kappa shape index (κ1) is 14.7. The van der Waals surface area contributed by atoms with Gasteiger partial charge in [0, 0.05) is 29.3 Å². The summed E-state index contributed by atoms with van der Waals surface area (Å²) in [5.41, 5.74) is 0.182. The molecule has 4 nitrogen and oxygen atoms in total. The van der Waals surface area contributed by atoms with Gasteiger partial charge in [-0.2, -0.15) is 0 Å². The lowest BCUT2D eigenvalue weighted by atomic mass is 10.0. The van der Waals surface area contributed by atoms with Gasteiger partial charge in [-0.15, -0.1) is 11.8 Å². The molecule has 0 saturated heterocycles. The van der Waals surface area contributed by atoms with Crippen LogP contribution in [0, 0.1) is 0 Å². The van der Waals surface area contributed by atoms with Crippen LogP contribution in [0.5, 0.6) is 0 Å². The number of carbonyl (C=O) groups is 1. The number of carbonyl (C=O) groups excluding carboxylic acids is 1. The number of hydrogen-bond donors (Lipinski definition) is 0. The SMILES string of the molecule is CSC(OC(C)=O)c1cc(=O)oc2c1ccc1ccccc12. The Bertz CT molecular complexity index is 913. The minimum Gasteiger partial charge on any atom is -0.446 e. The molecule has 0 saturated carbocycles. The van der Waals surface area contributed by atoms with Crippen molar-refractivity contribution in [2.75, 3.05) is 6.26 Å². The topological polar surface area (TPSA) is 56.5 Å². The van der Waals surface area contributed by atoms with E-state index in [0.29, 0.717) is 11.1 Å². The molecule has 0 spiro atoms. The van der Waals surface area contributed by atoms with Crippen LogP contribution in [-0.2, 0) is 9.53 Å². The number of ether oxygens (including phenoxy) is 1. The van der Waals surface area contributed by atoms with Crippen LogP contribution in [0.1, 0.15) is 17.9 Å². The number of rotatable bonds is 3. The fraction of sp³-hybridized carbons (Fsp3) is 0.176. The second kappa shape index (κ2) is 5.85. The lowest BCUT2D eigenvalue weighted by Crippen LogP contribution is -2.09. The molecule has 0 N–H and O–H groups in total. The van der Waals surface area contributed by atoms with E-state index in [1.807, 2.05) is 42.7 Å². The number of benzene rings is 2. The third-order valence-corrected chi connectivity index (χ3v) is 4.19. The van der Waals surface area contributed by atoms with Crippen LogP contribution in [0.15, 0.2) is 51.7 Å². The zero-order valence-electron chi connectivity index (χ0n) is 12.2. The van der Waals surface area contributed by atoms with Crippen LogP contribution in [0.4, 0.5) is 0 Å². The van der Waals surface area contributed by atoms with Gasteiger partial charge in [-0.05, 0) is 11.6 Å². The molecule has 112 valence electrons. The van der Waals surface area contributed by atoms with Gasteiger partial charge in [0.1, 0.15) is 5.58 Å². The van der Waals surface area contributed by atoms with Crippen molar-refractivity contribution >= 4 is 39.5 Å². The zero-order chi connectivity index (χ0) is 15.7. The first-order chi connectivity index (χ1) is 10.6. The highest BCUT2D eigenvalue weighted by Gasteiger charge is 2.19. The second-order valence-corrected chi connectivity index (χ2v) is 5.76. The van der Waals surface area contributed by atoms with Gasteiger partial charge in [0.05, 0.1) is 0 Å². The summed E-state index contributed by atoms with van der Waals surface area (Å²) in [4.78, 5) is 23.2. The normalized spacial score (nSPS) is 12.5. The van der Waals surface area contributed by atoms with Gasteiger partial charge in [-0.3, -0.25) is 4.79 Å². The number of esters is 1. The van der Waals surface area contributed by atoms with Gasteiger partial charge in [0.2, 0.25) is 0 Å². The fourth-order valence-corrected chi connectivity index (χ4v) is 3.18. The van der Waals surface area contributed by atoms with E-state index in [-0.39, 0.29) is 5.97 Å². The van der Waals surface area contributed by atoms with Crippen molar-refractivity contribution in [3.63, 3.8) is 0 Å². The molecule has 0 radical (unpaired) electrons. The molecule has 2 aromatic carbocycles. The lowest BCUT2D eigenvalue weighted by Gasteiger charge is -2.16. The highest BCUT2D eigenvalue weighted by atomic mass is 32.2. The Morgan fingerprint density at radius 3 is 2.68 bits per heavy atom. The zero-order valence-corrected chi connectivity index (χ0v) is 13.0. The summed E-state index contributed by atoms with van der Waals surface area (Å²) in [7, 11) is 0. The van der Waals surface area contributed by atoms with Gasteiger partial charge in [-0.1, -0.05) is 36.4 Å². The minimum absolute atomic E-state index is 0.387. The van der Waals surface area contributed by atoms with E-state index >= 15 is 0 Å². The molecule has 5 heteroatoms. The Labute approximate surface area is 131 Å². The van der Waals surface area contributed by atoms with E-state index in [1.54, 1.807) is 0 Å². The molecule has 0 fully saturated rings. The Kier molecular flexibility index (Phi) is 3.90. The molecule has 0 amide bonds. The molecule has 3 aromatic rings. The summed E-state index contributed by atoms with van der Waals surface area (Å²) in [6, 6.07) is 12.9. The van der Waals surface area contributed by atoms with Crippen LogP contribution in [0.25, 0.3) is 21.7 Å². The third kappa shape index (κ3) is 2.60. The molecule has 0 aliphatic rings. The number of fused-ring (bicyclic) bond motifs is 3. The maximum atomic E-state index is 11.9. The van der Waals surface area contributed by atoms with Crippen molar-refractivity contribution in [1.82, 2.24) is 0 Å². The largest absolute Gasteiger partial charge is 0.446 e. The highest BCUT2D eigenvalue weighted by Crippen LogP contribution is 2.35. The lowest BCUT2D eigenvalue weighted by molar-refractivity contribution is -0.142. The predicted molar refractivity (Wildman–Crippen MR) is 88.0 cm³/mol. The van der Waals surface area contributed by atoms with E-state index in [2.05, 4.69) is 0 Å². The standard InChI is InChI=1S/C17H14O4S/c1-10(18)20-17(22-2)14-9-15(19)21-16-12-6-4-3-5-11(12)7-8-13(14)16/h3-9,17H,1-2H3. The highest BCUT2D eigenvalue weighted by molar-refractivity contribution is 7.98. The molecule has 0 aliphatic carbocycles. The Morgan fingerprint density at radius 1 is 1.18 bits per heavy atom. The maximum absolute atomic E-state index is 11.9. The van der Waals surface area contributed by atoms with Gasteiger partial charge < -0.3 is 9.15 Å². The van der Waals surface area contributed by atoms with Crippen molar-refractivity contribution < 1.29 is 13.9 Å². The summed E-state index contributed by atoms with van der Waals surface area (Å²) < 4.78 is 10.7. The first-order valence-corrected chi connectivity index (χ1v) is 8.04. The molecular weight excluding hydrogens is 300 g/mol. The summed E-state index contributed by atoms with van der Waals surface area (Å²) in [5, 5.41) is 2.63. The summed E-state index contributed by atoms with van der Waals surface area (Å²) in [6.07, 6.45) is 1.83. The van der Waals surface area contributed by atoms with E-state index in [4.69, 9.17) is 9.15 Å². The van der Waals surface area contributed by atoms with E-state index in [1.165, 1.54) is 24.8 Å². The third-order valence-electron chi connectivity index (χ3n) is 3.41. The Hall–Kier alpha value is -2.27. The van der Waals surface area contributed by atoms with Gasteiger partial charge >= 0.3 is 11.6 Å². The smallest absolute Gasteiger partial charge is 0.336 e. The molecule has 0 bridgehead atoms. The number of hydrogen-bond acceptors (Lipinski definition) is 5. The second-order valence-electron chi connectivity index (χ2n) is 4.86. The molecule has 22 heavy (non-hydrogen) atoms. The van der Waals surface area contributed by atoms with Gasteiger partial charge in [0.15, 0.2) is 5.44 Å². The van der Waals surface area contributed by atoms with Crippen LogP contribution < -0.4 is 5.63 Å². The molecule has 1 aromatic heterocycles. The quantitative estimate of drug-likeness (QED) is 0.318. The Balaban J connectivity index is 2.33.